The van der Waals surface area contributed by atoms with Crippen molar-refractivity contribution in [2.45, 2.75) is 10.9 Å². The van der Waals surface area contributed by atoms with Crippen molar-refractivity contribution in [1.29, 1.82) is 0 Å². The van der Waals surface area contributed by atoms with E-state index in [4.69, 9.17) is 9.88 Å². The highest BCUT2D eigenvalue weighted by atomic mass is 32.2. The van der Waals surface area contributed by atoms with Gasteiger partial charge in [-0.2, -0.15) is 0 Å². The molecule has 0 aliphatic heterocycles. The number of benzene rings is 2. The number of carbonyl (C=O) groups excluding carboxylic acids is 2. The number of nitrogens with one attached hydrogen (secondary N) is 1. The quantitative estimate of drug-likeness (QED) is 0.421. The zero-order valence-corrected chi connectivity index (χ0v) is 14.9. The summed E-state index contributed by atoms with van der Waals surface area (Å²) < 4.78 is 32.6. The second kappa shape index (κ2) is 7.98. The van der Waals surface area contributed by atoms with Crippen molar-refractivity contribution in [3.63, 3.8) is 0 Å². The van der Waals surface area contributed by atoms with E-state index in [1.54, 1.807) is 12.1 Å². The lowest BCUT2D eigenvalue weighted by molar-refractivity contribution is -0.140. The SMILES string of the molecule is COC(=O)C(Nc1cccc(S(N)(=O)=O)c1)C(=O)c1ccc(OC)cc1. The number of primary sulfonamides is 1. The number of hydrogen-bond donors (Lipinski definition) is 2. The van der Waals surface area contributed by atoms with Crippen molar-refractivity contribution in [3.05, 3.63) is 54.1 Å². The van der Waals surface area contributed by atoms with Gasteiger partial charge in [-0.05, 0) is 42.5 Å². The minimum Gasteiger partial charge on any atom is -0.497 e. The Hall–Kier alpha value is -2.91. The Bertz CT molecular complexity index is 909. The molecule has 0 saturated carbocycles. The van der Waals surface area contributed by atoms with Crippen molar-refractivity contribution in [2.24, 2.45) is 5.14 Å². The first-order valence-corrected chi connectivity index (χ1v) is 8.96. The third-order valence-corrected chi connectivity index (χ3v) is 4.46. The molecule has 0 aliphatic carbocycles. The fourth-order valence-corrected chi connectivity index (χ4v) is 2.76. The first-order valence-electron chi connectivity index (χ1n) is 7.41. The highest BCUT2D eigenvalue weighted by molar-refractivity contribution is 7.89. The number of nitrogens with two attached hydrogens (primary N) is 1. The van der Waals surface area contributed by atoms with Gasteiger partial charge in [-0.1, -0.05) is 6.07 Å². The van der Waals surface area contributed by atoms with E-state index in [0.29, 0.717) is 5.75 Å². The average Bonchev–Trinajstić information content (AvgIpc) is 2.64. The highest BCUT2D eigenvalue weighted by Crippen LogP contribution is 2.18. The van der Waals surface area contributed by atoms with Crippen LogP contribution in [0, 0.1) is 0 Å². The molecule has 2 rings (SSSR count). The van der Waals surface area contributed by atoms with Gasteiger partial charge in [0.2, 0.25) is 10.0 Å². The fraction of sp³-hybridized carbons (Fsp3) is 0.176. The van der Waals surface area contributed by atoms with Gasteiger partial charge in [-0.15, -0.1) is 0 Å². The van der Waals surface area contributed by atoms with Crippen LogP contribution in [0.4, 0.5) is 5.69 Å². The van der Waals surface area contributed by atoms with E-state index in [9.17, 15) is 18.0 Å². The zero-order chi connectivity index (χ0) is 19.3. The number of Topliss-reactive ketones (excluding diaryl/α,β-unsaturated/α-hetero) is 1. The topological polar surface area (TPSA) is 125 Å². The van der Waals surface area contributed by atoms with Crippen LogP contribution in [0.3, 0.4) is 0 Å². The first-order chi connectivity index (χ1) is 12.3. The molecule has 0 aromatic heterocycles. The molecule has 138 valence electrons. The van der Waals surface area contributed by atoms with E-state index in [0.717, 1.165) is 7.11 Å². The molecular formula is C17H18N2O6S. The van der Waals surface area contributed by atoms with Gasteiger partial charge in [-0.3, -0.25) is 4.79 Å². The fourth-order valence-electron chi connectivity index (χ4n) is 2.20. The third kappa shape index (κ3) is 4.58. The number of esters is 1. The van der Waals surface area contributed by atoms with E-state index in [2.05, 4.69) is 10.1 Å². The van der Waals surface area contributed by atoms with Crippen LogP contribution < -0.4 is 15.2 Å². The standard InChI is InChI=1S/C17H18N2O6S/c1-24-13-8-6-11(7-9-13)16(20)15(17(21)25-2)19-12-4-3-5-14(10-12)26(18,22)23/h3-10,15,19H,1-2H3,(H2,18,22,23). The summed E-state index contributed by atoms with van der Waals surface area (Å²) in [6.45, 7) is 0. The second-order valence-corrected chi connectivity index (χ2v) is 6.83. The third-order valence-electron chi connectivity index (χ3n) is 3.55. The van der Waals surface area contributed by atoms with Crippen LogP contribution in [0.15, 0.2) is 53.4 Å². The Morgan fingerprint density at radius 3 is 2.27 bits per heavy atom. The summed E-state index contributed by atoms with van der Waals surface area (Å²) in [6, 6.07) is 10.3. The van der Waals surface area contributed by atoms with Crippen LogP contribution in [0.25, 0.3) is 0 Å². The van der Waals surface area contributed by atoms with Gasteiger partial charge in [0.15, 0.2) is 11.8 Å². The van der Waals surface area contributed by atoms with Crippen molar-refractivity contribution in [3.8, 4) is 5.75 Å². The number of anilines is 1. The molecule has 1 unspecified atom stereocenters. The zero-order valence-electron chi connectivity index (χ0n) is 14.1. The Balaban J connectivity index is 2.33. The highest BCUT2D eigenvalue weighted by Gasteiger charge is 2.29. The molecule has 8 nitrogen and oxygen atoms in total. The van der Waals surface area contributed by atoms with E-state index >= 15 is 0 Å². The number of ketones is 1. The van der Waals surface area contributed by atoms with E-state index < -0.39 is 27.8 Å². The molecule has 0 saturated heterocycles. The number of methoxy groups -OCH3 is 2. The maximum atomic E-state index is 12.7. The van der Waals surface area contributed by atoms with Gasteiger partial charge < -0.3 is 14.8 Å². The van der Waals surface area contributed by atoms with Crippen molar-refractivity contribution in [1.82, 2.24) is 0 Å². The maximum Gasteiger partial charge on any atom is 0.336 e. The van der Waals surface area contributed by atoms with Gasteiger partial charge in [0.1, 0.15) is 5.75 Å². The minimum atomic E-state index is -3.92. The van der Waals surface area contributed by atoms with Crippen LogP contribution in [-0.4, -0.2) is 40.4 Å². The molecule has 0 heterocycles. The van der Waals surface area contributed by atoms with Gasteiger partial charge in [0.05, 0.1) is 19.1 Å². The predicted molar refractivity (Wildman–Crippen MR) is 94.6 cm³/mol. The first kappa shape index (κ1) is 19.4. The summed E-state index contributed by atoms with van der Waals surface area (Å²) in [7, 11) is -1.28. The number of ether oxygens (including phenoxy) is 2. The monoisotopic (exact) mass is 378 g/mol. The van der Waals surface area contributed by atoms with Crippen LogP contribution in [0.5, 0.6) is 5.75 Å². The minimum absolute atomic E-state index is 0.150. The lowest BCUT2D eigenvalue weighted by Gasteiger charge is -2.17. The van der Waals surface area contributed by atoms with Crippen LogP contribution >= 0.6 is 0 Å². The molecule has 0 fully saturated rings. The smallest absolute Gasteiger partial charge is 0.336 e. The van der Waals surface area contributed by atoms with E-state index in [-0.39, 0.29) is 16.1 Å². The molecule has 0 radical (unpaired) electrons. The lowest BCUT2D eigenvalue weighted by atomic mass is 10.0. The van der Waals surface area contributed by atoms with Gasteiger partial charge in [0.25, 0.3) is 0 Å². The molecule has 1 atom stereocenters. The van der Waals surface area contributed by atoms with Crippen LogP contribution in [0.2, 0.25) is 0 Å². The summed E-state index contributed by atoms with van der Waals surface area (Å²) in [6.07, 6.45) is 0. The largest absolute Gasteiger partial charge is 0.497 e. The van der Waals surface area contributed by atoms with Crippen LogP contribution in [0.1, 0.15) is 10.4 Å². The van der Waals surface area contributed by atoms with Gasteiger partial charge in [0, 0.05) is 11.3 Å². The molecule has 2 aromatic carbocycles. The summed E-state index contributed by atoms with van der Waals surface area (Å²) in [5.41, 5.74) is 0.491. The molecule has 2 aromatic rings. The summed E-state index contributed by atoms with van der Waals surface area (Å²) >= 11 is 0. The number of carbonyl (C=O) groups is 2. The Labute approximate surface area is 151 Å². The molecule has 26 heavy (non-hydrogen) atoms. The Kier molecular flexibility index (Phi) is 5.96. The van der Waals surface area contributed by atoms with Crippen molar-refractivity contribution in [2.75, 3.05) is 19.5 Å². The van der Waals surface area contributed by atoms with Crippen molar-refractivity contribution >= 4 is 27.5 Å². The number of rotatable bonds is 7. The molecule has 0 spiro atoms. The maximum absolute atomic E-state index is 12.7. The Morgan fingerprint density at radius 1 is 1.08 bits per heavy atom. The van der Waals surface area contributed by atoms with Gasteiger partial charge in [-0.25, -0.2) is 18.4 Å². The molecule has 9 heteroatoms. The Morgan fingerprint density at radius 2 is 1.73 bits per heavy atom. The predicted octanol–water partition coefficient (Wildman–Crippen LogP) is 1.18. The average molecular weight is 378 g/mol. The molecule has 0 bridgehead atoms. The number of sulfonamides is 1. The summed E-state index contributed by atoms with van der Waals surface area (Å²) in [4.78, 5) is 24.6. The summed E-state index contributed by atoms with van der Waals surface area (Å²) in [5, 5.41) is 7.79. The molecular weight excluding hydrogens is 360 g/mol. The normalized spacial score (nSPS) is 12.1. The lowest BCUT2D eigenvalue weighted by Crippen LogP contribution is -2.38. The molecule has 0 amide bonds. The van der Waals surface area contributed by atoms with E-state index in [1.165, 1.54) is 43.5 Å². The molecule has 0 aliphatic rings. The van der Waals surface area contributed by atoms with Crippen molar-refractivity contribution < 1.29 is 27.5 Å². The number of hydrogen-bond acceptors (Lipinski definition) is 7. The summed E-state index contributed by atoms with van der Waals surface area (Å²) in [5.74, 6) is -0.794. The second-order valence-electron chi connectivity index (χ2n) is 5.27. The van der Waals surface area contributed by atoms with Crippen LogP contribution in [-0.2, 0) is 19.6 Å². The van der Waals surface area contributed by atoms with E-state index in [1.807, 2.05) is 0 Å². The molecule has 3 N–H and O–H groups in total. The van der Waals surface area contributed by atoms with Gasteiger partial charge >= 0.3 is 5.97 Å².